The lowest BCUT2D eigenvalue weighted by Crippen LogP contribution is -2.38. The number of para-hydroxylation sites is 1. The van der Waals surface area contributed by atoms with Gasteiger partial charge in [-0.15, -0.1) is 0 Å². The molecule has 0 heterocycles. The van der Waals surface area contributed by atoms with Gasteiger partial charge in [0.15, 0.2) is 0 Å². The van der Waals surface area contributed by atoms with E-state index in [2.05, 4.69) is 11.4 Å². The number of nitrogens with zero attached hydrogens (tertiary/aromatic N) is 2. The molecule has 104 valence electrons. The molecule has 0 aliphatic carbocycles. The molecule has 1 N–H and O–H groups in total. The Hall–Kier alpha value is -1.60. The monoisotopic (exact) mass is 263 g/mol. The van der Waals surface area contributed by atoms with Gasteiger partial charge in [-0.05, 0) is 45.4 Å². The van der Waals surface area contributed by atoms with E-state index in [0.717, 1.165) is 25.8 Å². The SMILES string of the molecule is CNC(C)(C#N)CCCCN(C)c1ccccc1F. The van der Waals surface area contributed by atoms with Crippen LogP contribution in [0.25, 0.3) is 0 Å². The summed E-state index contributed by atoms with van der Waals surface area (Å²) in [5.41, 5.74) is 0.162. The van der Waals surface area contributed by atoms with Crippen molar-refractivity contribution in [3.63, 3.8) is 0 Å². The van der Waals surface area contributed by atoms with Gasteiger partial charge in [0.2, 0.25) is 0 Å². The van der Waals surface area contributed by atoms with Gasteiger partial charge in [-0.3, -0.25) is 0 Å². The standard InChI is InChI=1S/C15H22FN3/c1-15(12-17,18-2)10-6-7-11-19(3)14-9-5-4-8-13(14)16/h4-5,8-9,18H,6-7,10-11H2,1-3H3. The third kappa shape index (κ3) is 4.53. The van der Waals surface area contributed by atoms with Gasteiger partial charge in [0, 0.05) is 13.6 Å². The molecule has 0 bridgehead atoms. The van der Waals surface area contributed by atoms with Crippen molar-refractivity contribution in [2.75, 3.05) is 25.5 Å². The summed E-state index contributed by atoms with van der Waals surface area (Å²) in [5.74, 6) is -0.193. The van der Waals surface area contributed by atoms with E-state index in [9.17, 15) is 4.39 Å². The van der Waals surface area contributed by atoms with Crippen LogP contribution in [0.5, 0.6) is 0 Å². The van der Waals surface area contributed by atoms with Crippen LogP contribution >= 0.6 is 0 Å². The summed E-state index contributed by atoms with van der Waals surface area (Å²) in [6, 6.07) is 9.05. The molecule has 1 rings (SSSR count). The molecule has 0 saturated heterocycles. The van der Waals surface area contributed by atoms with Crippen molar-refractivity contribution in [3.05, 3.63) is 30.1 Å². The number of nitrogens with one attached hydrogen (secondary N) is 1. The van der Waals surface area contributed by atoms with Gasteiger partial charge in [-0.1, -0.05) is 12.1 Å². The first-order chi connectivity index (χ1) is 9.02. The van der Waals surface area contributed by atoms with Gasteiger partial charge in [0.05, 0.1) is 11.8 Å². The molecule has 4 heteroatoms. The van der Waals surface area contributed by atoms with Gasteiger partial charge in [0.25, 0.3) is 0 Å². The predicted molar refractivity (Wildman–Crippen MR) is 76.6 cm³/mol. The largest absolute Gasteiger partial charge is 0.372 e. The van der Waals surface area contributed by atoms with Gasteiger partial charge in [-0.2, -0.15) is 5.26 Å². The summed E-state index contributed by atoms with van der Waals surface area (Å²) < 4.78 is 13.6. The van der Waals surface area contributed by atoms with Crippen molar-refractivity contribution in [2.45, 2.75) is 31.7 Å². The van der Waals surface area contributed by atoms with Crippen molar-refractivity contribution in [1.29, 1.82) is 5.26 Å². The number of nitriles is 1. The highest BCUT2D eigenvalue weighted by Crippen LogP contribution is 2.18. The minimum Gasteiger partial charge on any atom is -0.372 e. The molecule has 0 aliphatic heterocycles. The molecule has 1 atom stereocenters. The highest BCUT2D eigenvalue weighted by molar-refractivity contribution is 5.46. The first-order valence-electron chi connectivity index (χ1n) is 6.58. The summed E-state index contributed by atoms with van der Waals surface area (Å²) in [6.45, 7) is 2.68. The van der Waals surface area contributed by atoms with Crippen molar-refractivity contribution in [2.24, 2.45) is 0 Å². The van der Waals surface area contributed by atoms with Gasteiger partial charge in [0.1, 0.15) is 11.4 Å². The topological polar surface area (TPSA) is 39.1 Å². The molecule has 1 aromatic rings. The summed E-state index contributed by atoms with van der Waals surface area (Å²) >= 11 is 0. The zero-order chi connectivity index (χ0) is 14.3. The molecule has 0 fully saturated rings. The van der Waals surface area contributed by atoms with Crippen LogP contribution in [0.15, 0.2) is 24.3 Å². The Balaban J connectivity index is 2.38. The van der Waals surface area contributed by atoms with Crippen LogP contribution in [0.1, 0.15) is 26.2 Å². The number of unbranched alkanes of at least 4 members (excludes halogenated alkanes) is 1. The smallest absolute Gasteiger partial charge is 0.146 e. The van der Waals surface area contributed by atoms with Crippen LogP contribution in [-0.2, 0) is 0 Å². The average molecular weight is 263 g/mol. The van der Waals surface area contributed by atoms with Crippen LogP contribution in [0.2, 0.25) is 0 Å². The molecule has 0 amide bonds. The van der Waals surface area contributed by atoms with Crippen molar-refractivity contribution < 1.29 is 4.39 Å². The lowest BCUT2D eigenvalue weighted by atomic mass is 9.97. The van der Waals surface area contributed by atoms with Crippen molar-refractivity contribution in [3.8, 4) is 6.07 Å². The highest BCUT2D eigenvalue weighted by atomic mass is 19.1. The number of hydrogen-bond acceptors (Lipinski definition) is 3. The predicted octanol–water partition coefficient (Wildman–Crippen LogP) is 2.93. The van der Waals surface area contributed by atoms with Crippen molar-refractivity contribution in [1.82, 2.24) is 5.32 Å². The van der Waals surface area contributed by atoms with E-state index in [-0.39, 0.29) is 5.82 Å². The molecule has 3 nitrogen and oxygen atoms in total. The Morgan fingerprint density at radius 3 is 2.63 bits per heavy atom. The van der Waals surface area contributed by atoms with Crippen LogP contribution in [0, 0.1) is 17.1 Å². The van der Waals surface area contributed by atoms with Crippen molar-refractivity contribution >= 4 is 5.69 Å². The number of halogens is 1. The number of rotatable bonds is 7. The maximum atomic E-state index is 13.6. The number of anilines is 1. The van der Waals surface area contributed by atoms with Crippen LogP contribution in [0.4, 0.5) is 10.1 Å². The quantitative estimate of drug-likeness (QED) is 0.769. The van der Waals surface area contributed by atoms with E-state index in [4.69, 9.17) is 5.26 Å². The fraction of sp³-hybridized carbons (Fsp3) is 0.533. The van der Waals surface area contributed by atoms with Gasteiger partial charge >= 0.3 is 0 Å². The van der Waals surface area contributed by atoms with E-state index in [1.165, 1.54) is 6.07 Å². The lowest BCUT2D eigenvalue weighted by Gasteiger charge is -2.22. The maximum absolute atomic E-state index is 13.6. The zero-order valence-electron chi connectivity index (χ0n) is 11.9. The summed E-state index contributed by atoms with van der Waals surface area (Å²) in [7, 11) is 3.69. The van der Waals surface area contributed by atoms with E-state index < -0.39 is 5.54 Å². The third-order valence-corrected chi connectivity index (χ3v) is 3.48. The lowest BCUT2D eigenvalue weighted by molar-refractivity contribution is 0.434. The minimum absolute atomic E-state index is 0.193. The number of hydrogen-bond donors (Lipinski definition) is 1. The Kier molecular flexibility index (Phi) is 5.78. The Bertz CT molecular complexity index is 441. The average Bonchev–Trinajstić information content (AvgIpc) is 2.43. The van der Waals surface area contributed by atoms with E-state index >= 15 is 0 Å². The minimum atomic E-state index is -0.462. The highest BCUT2D eigenvalue weighted by Gasteiger charge is 2.20. The molecule has 1 unspecified atom stereocenters. The van der Waals surface area contributed by atoms with E-state index in [0.29, 0.717) is 5.69 Å². The second-order valence-electron chi connectivity index (χ2n) is 5.02. The molecular formula is C15H22FN3. The number of benzene rings is 1. The van der Waals surface area contributed by atoms with Crippen LogP contribution < -0.4 is 10.2 Å². The zero-order valence-corrected chi connectivity index (χ0v) is 11.9. The molecule has 0 radical (unpaired) electrons. The van der Waals surface area contributed by atoms with Gasteiger partial charge in [-0.25, -0.2) is 4.39 Å². The fourth-order valence-electron chi connectivity index (χ4n) is 1.95. The Morgan fingerprint density at radius 1 is 1.37 bits per heavy atom. The van der Waals surface area contributed by atoms with Crippen LogP contribution in [0.3, 0.4) is 0 Å². The van der Waals surface area contributed by atoms with Gasteiger partial charge < -0.3 is 10.2 Å². The third-order valence-electron chi connectivity index (χ3n) is 3.48. The molecule has 1 aromatic carbocycles. The van der Waals surface area contributed by atoms with Crippen LogP contribution in [-0.4, -0.2) is 26.2 Å². The fourth-order valence-corrected chi connectivity index (χ4v) is 1.95. The first-order valence-corrected chi connectivity index (χ1v) is 6.58. The molecule has 0 aliphatic rings. The summed E-state index contributed by atoms with van der Waals surface area (Å²) in [4.78, 5) is 1.92. The first kappa shape index (κ1) is 15.5. The Morgan fingerprint density at radius 2 is 2.05 bits per heavy atom. The maximum Gasteiger partial charge on any atom is 0.146 e. The normalized spacial score (nSPS) is 13.6. The molecule has 0 saturated carbocycles. The van der Waals surface area contributed by atoms with E-state index in [1.807, 2.05) is 24.9 Å². The molecule has 0 spiro atoms. The summed E-state index contributed by atoms with van der Waals surface area (Å²) in [6.07, 6.45) is 2.67. The second-order valence-corrected chi connectivity index (χ2v) is 5.02. The van der Waals surface area contributed by atoms with E-state index in [1.54, 1.807) is 19.2 Å². The second kappa shape index (κ2) is 7.10. The Labute approximate surface area is 115 Å². The molecule has 19 heavy (non-hydrogen) atoms. The molecular weight excluding hydrogens is 241 g/mol. The molecule has 0 aromatic heterocycles. The summed E-state index contributed by atoms with van der Waals surface area (Å²) in [5, 5.41) is 12.1.